The molecule has 4 nitrogen and oxygen atoms in total. The number of carboxylic acids is 1. The normalized spacial score (nSPS) is 11.5. The van der Waals surface area contributed by atoms with Crippen LogP contribution in [0, 0.1) is 17.1 Å². The third-order valence-corrected chi connectivity index (χ3v) is 3.39. The minimum Gasteiger partial charge on any atom is -0.480 e. The molecule has 0 bridgehead atoms. The van der Waals surface area contributed by atoms with Crippen LogP contribution in [0.25, 0.3) is 0 Å². The number of aliphatic carboxylic acids is 1. The molecule has 1 unspecified atom stereocenters. The average Bonchev–Trinajstić information content (AvgIpc) is 2.49. The molecule has 0 spiro atoms. The van der Waals surface area contributed by atoms with Gasteiger partial charge < -0.3 is 10.4 Å². The van der Waals surface area contributed by atoms with Gasteiger partial charge in [0.15, 0.2) is 0 Å². The van der Waals surface area contributed by atoms with E-state index in [0.29, 0.717) is 16.8 Å². The van der Waals surface area contributed by atoms with Gasteiger partial charge in [0.25, 0.3) is 0 Å². The van der Waals surface area contributed by atoms with Gasteiger partial charge in [-0.3, -0.25) is 0 Å². The van der Waals surface area contributed by atoms with E-state index in [4.69, 9.17) is 16.9 Å². The molecule has 2 N–H and O–H groups in total. The van der Waals surface area contributed by atoms with E-state index < -0.39 is 12.0 Å². The van der Waals surface area contributed by atoms with E-state index >= 15 is 0 Å². The molecule has 0 aromatic heterocycles. The lowest BCUT2D eigenvalue weighted by Crippen LogP contribution is -2.31. The summed E-state index contributed by atoms with van der Waals surface area (Å²) in [6.45, 7) is 0. The third kappa shape index (κ3) is 3.96. The maximum absolute atomic E-state index is 12.9. The standard InChI is InChI=1S/C16H12ClFN2O2/c17-14-8-13(6-3-11(14)9-19)20-15(16(21)22)7-10-1-4-12(18)5-2-10/h1-6,8,15,20H,7H2,(H,21,22). The molecule has 22 heavy (non-hydrogen) atoms. The zero-order valence-corrected chi connectivity index (χ0v) is 12.1. The van der Waals surface area contributed by atoms with Crippen LogP contribution in [-0.2, 0) is 11.2 Å². The number of carboxylic acid groups (broad SMARTS) is 1. The van der Waals surface area contributed by atoms with E-state index in [1.54, 1.807) is 18.2 Å². The first kappa shape index (κ1) is 15.8. The van der Waals surface area contributed by atoms with E-state index in [0.717, 1.165) is 0 Å². The summed E-state index contributed by atoms with van der Waals surface area (Å²) in [5, 5.41) is 21.2. The highest BCUT2D eigenvalue weighted by Crippen LogP contribution is 2.21. The summed E-state index contributed by atoms with van der Waals surface area (Å²) in [5.74, 6) is -1.41. The fourth-order valence-corrected chi connectivity index (χ4v) is 2.18. The number of hydrogen-bond acceptors (Lipinski definition) is 3. The Morgan fingerprint density at radius 2 is 2.00 bits per heavy atom. The van der Waals surface area contributed by atoms with Crippen LogP contribution < -0.4 is 5.32 Å². The molecule has 112 valence electrons. The Hall–Kier alpha value is -2.58. The van der Waals surface area contributed by atoms with Crippen LogP contribution in [0.5, 0.6) is 0 Å². The first-order chi connectivity index (χ1) is 10.5. The zero-order chi connectivity index (χ0) is 16.1. The molecule has 0 radical (unpaired) electrons. The molecular formula is C16H12ClFN2O2. The van der Waals surface area contributed by atoms with E-state index in [9.17, 15) is 14.3 Å². The number of anilines is 1. The Bertz CT molecular complexity index is 726. The highest BCUT2D eigenvalue weighted by Gasteiger charge is 2.18. The molecule has 2 rings (SSSR count). The highest BCUT2D eigenvalue weighted by molar-refractivity contribution is 6.32. The molecule has 6 heteroatoms. The van der Waals surface area contributed by atoms with Gasteiger partial charge >= 0.3 is 5.97 Å². The van der Waals surface area contributed by atoms with Gasteiger partial charge in [0.05, 0.1) is 10.6 Å². The van der Waals surface area contributed by atoms with E-state index in [2.05, 4.69) is 5.32 Å². The first-order valence-corrected chi connectivity index (χ1v) is 6.81. The topological polar surface area (TPSA) is 73.1 Å². The van der Waals surface area contributed by atoms with Crippen molar-refractivity contribution in [3.63, 3.8) is 0 Å². The second kappa shape index (κ2) is 6.92. The van der Waals surface area contributed by atoms with Gasteiger partial charge in [0.1, 0.15) is 17.9 Å². The van der Waals surface area contributed by atoms with Crippen LogP contribution in [-0.4, -0.2) is 17.1 Å². The van der Waals surface area contributed by atoms with Gasteiger partial charge in [-0.15, -0.1) is 0 Å². The lowest BCUT2D eigenvalue weighted by Gasteiger charge is -2.16. The number of rotatable bonds is 5. The van der Waals surface area contributed by atoms with Crippen LogP contribution >= 0.6 is 11.6 Å². The molecule has 0 aliphatic rings. The molecule has 0 heterocycles. The summed E-state index contributed by atoms with van der Waals surface area (Å²) in [6.07, 6.45) is 0.188. The number of nitriles is 1. The largest absolute Gasteiger partial charge is 0.480 e. The van der Waals surface area contributed by atoms with Crippen LogP contribution in [0.2, 0.25) is 5.02 Å². The number of nitrogens with zero attached hydrogens (tertiary/aromatic N) is 1. The van der Waals surface area contributed by atoms with Gasteiger partial charge in [-0.2, -0.15) is 5.26 Å². The van der Waals surface area contributed by atoms with Gasteiger partial charge in [-0.05, 0) is 35.9 Å². The summed E-state index contributed by atoms with van der Waals surface area (Å²) in [6, 6.07) is 11.3. The van der Waals surface area contributed by atoms with Crippen molar-refractivity contribution in [1.29, 1.82) is 5.26 Å². The Morgan fingerprint density at radius 3 is 2.55 bits per heavy atom. The van der Waals surface area contributed by atoms with Crippen molar-refractivity contribution in [3.05, 3.63) is 64.4 Å². The van der Waals surface area contributed by atoms with Crippen molar-refractivity contribution in [2.75, 3.05) is 5.32 Å². The minimum absolute atomic E-state index is 0.188. The summed E-state index contributed by atoms with van der Waals surface area (Å²) < 4.78 is 12.9. The fourth-order valence-electron chi connectivity index (χ4n) is 1.95. The Labute approximate surface area is 131 Å². The lowest BCUT2D eigenvalue weighted by atomic mass is 10.1. The van der Waals surface area contributed by atoms with Gasteiger partial charge in [-0.25, -0.2) is 9.18 Å². The van der Waals surface area contributed by atoms with Gasteiger partial charge in [0.2, 0.25) is 0 Å². The van der Waals surface area contributed by atoms with Crippen molar-refractivity contribution in [3.8, 4) is 6.07 Å². The Balaban J connectivity index is 2.15. The van der Waals surface area contributed by atoms with Crippen LogP contribution in [0.1, 0.15) is 11.1 Å². The maximum atomic E-state index is 12.9. The second-order valence-corrected chi connectivity index (χ2v) is 5.08. The molecule has 0 amide bonds. The number of halogens is 2. The Morgan fingerprint density at radius 1 is 1.32 bits per heavy atom. The number of nitrogens with one attached hydrogen (secondary N) is 1. The molecule has 1 atom stereocenters. The summed E-state index contributed by atoms with van der Waals surface area (Å²) >= 11 is 5.92. The molecule has 0 saturated carbocycles. The molecule has 0 saturated heterocycles. The molecule has 2 aromatic carbocycles. The predicted octanol–water partition coefficient (Wildman–Crippen LogP) is 3.46. The smallest absolute Gasteiger partial charge is 0.326 e. The molecule has 0 aliphatic carbocycles. The molecule has 0 fully saturated rings. The quantitative estimate of drug-likeness (QED) is 0.885. The molecule has 2 aromatic rings. The first-order valence-electron chi connectivity index (χ1n) is 6.43. The van der Waals surface area contributed by atoms with Crippen molar-refractivity contribution in [1.82, 2.24) is 0 Å². The Kier molecular flexibility index (Phi) is 4.97. The van der Waals surface area contributed by atoms with Crippen LogP contribution in [0.3, 0.4) is 0 Å². The minimum atomic E-state index is -1.04. The summed E-state index contributed by atoms with van der Waals surface area (Å²) in [4.78, 5) is 11.4. The number of carbonyl (C=O) groups is 1. The number of benzene rings is 2. The monoisotopic (exact) mass is 318 g/mol. The van der Waals surface area contributed by atoms with E-state index in [1.807, 2.05) is 6.07 Å². The second-order valence-electron chi connectivity index (χ2n) is 4.67. The maximum Gasteiger partial charge on any atom is 0.326 e. The molecular weight excluding hydrogens is 307 g/mol. The average molecular weight is 319 g/mol. The SMILES string of the molecule is N#Cc1ccc(NC(Cc2ccc(F)cc2)C(=O)O)cc1Cl. The van der Waals surface area contributed by atoms with Gasteiger partial charge in [-0.1, -0.05) is 23.7 Å². The third-order valence-electron chi connectivity index (χ3n) is 3.08. The molecule has 0 aliphatic heterocycles. The fraction of sp³-hybridized carbons (Fsp3) is 0.125. The van der Waals surface area contributed by atoms with Crippen LogP contribution in [0.4, 0.5) is 10.1 Å². The summed E-state index contributed by atoms with van der Waals surface area (Å²) in [7, 11) is 0. The van der Waals surface area contributed by atoms with Crippen molar-refractivity contribution in [2.24, 2.45) is 0 Å². The zero-order valence-electron chi connectivity index (χ0n) is 11.4. The summed E-state index contributed by atoms with van der Waals surface area (Å²) in [5.41, 5.74) is 1.51. The highest BCUT2D eigenvalue weighted by atomic mass is 35.5. The van der Waals surface area contributed by atoms with Crippen molar-refractivity contribution >= 4 is 23.3 Å². The predicted molar refractivity (Wildman–Crippen MR) is 81.3 cm³/mol. The van der Waals surface area contributed by atoms with Gasteiger partial charge in [0, 0.05) is 12.1 Å². The van der Waals surface area contributed by atoms with Crippen molar-refractivity contribution < 1.29 is 14.3 Å². The van der Waals surface area contributed by atoms with Crippen LogP contribution in [0.15, 0.2) is 42.5 Å². The number of hydrogen-bond donors (Lipinski definition) is 2. The van der Waals surface area contributed by atoms with Crippen molar-refractivity contribution in [2.45, 2.75) is 12.5 Å². The lowest BCUT2D eigenvalue weighted by molar-refractivity contribution is -0.137. The van der Waals surface area contributed by atoms with E-state index in [-0.39, 0.29) is 17.3 Å². The van der Waals surface area contributed by atoms with E-state index in [1.165, 1.54) is 24.3 Å².